The van der Waals surface area contributed by atoms with Gasteiger partial charge in [-0.2, -0.15) is 39.5 Å². The number of hydrogen-bond acceptors (Lipinski definition) is 3. The van der Waals surface area contributed by atoms with E-state index in [1.165, 1.54) is 0 Å². The lowest BCUT2D eigenvalue weighted by Crippen LogP contribution is -2.68. The summed E-state index contributed by atoms with van der Waals surface area (Å²) in [4.78, 5) is 1.64. The third-order valence-electron chi connectivity index (χ3n) is 5.41. The zero-order chi connectivity index (χ0) is 21.6. The van der Waals surface area contributed by atoms with E-state index in [1.54, 1.807) is 18.7 Å². The molecule has 2 atom stereocenters. The maximum absolute atomic E-state index is 13.0. The number of halogens is 9. The second-order valence-corrected chi connectivity index (χ2v) is 7.56. The molecule has 0 spiro atoms. The van der Waals surface area contributed by atoms with E-state index >= 15 is 0 Å². The van der Waals surface area contributed by atoms with Gasteiger partial charge in [-0.1, -0.05) is 0 Å². The Labute approximate surface area is 156 Å². The number of ether oxygens (including phenoxy) is 2. The van der Waals surface area contributed by atoms with Crippen LogP contribution < -0.4 is 0 Å². The summed E-state index contributed by atoms with van der Waals surface area (Å²) in [5.74, 6) is 0. The highest BCUT2D eigenvalue weighted by Gasteiger charge is 2.85. The molecule has 2 rings (SSSR count). The smallest absolute Gasteiger partial charge is 0.377 e. The molecule has 12 heteroatoms. The standard InChI is InChI=1S/C16H22F9NO2/c1-10(2)27-9-12-5-3-7-26(12)11(4-6-12)8-28-13(14(17,18)19,15(20,21)22)16(23,24)25/h10-11H,3-9H2,1-2H3. The van der Waals surface area contributed by atoms with Gasteiger partial charge in [-0.15, -0.1) is 0 Å². The maximum atomic E-state index is 13.0. The zero-order valence-corrected chi connectivity index (χ0v) is 15.3. The number of rotatable bonds is 6. The fourth-order valence-corrected chi connectivity index (χ4v) is 4.06. The van der Waals surface area contributed by atoms with Crippen LogP contribution in [0, 0.1) is 0 Å². The second kappa shape index (κ2) is 7.50. The normalized spacial score (nSPS) is 27.6. The minimum absolute atomic E-state index is 0.130. The van der Waals surface area contributed by atoms with E-state index in [9.17, 15) is 39.5 Å². The molecule has 28 heavy (non-hydrogen) atoms. The van der Waals surface area contributed by atoms with Crippen molar-refractivity contribution in [1.29, 1.82) is 0 Å². The Hall–Kier alpha value is -0.750. The molecule has 0 bridgehead atoms. The van der Waals surface area contributed by atoms with Crippen LogP contribution >= 0.6 is 0 Å². The minimum atomic E-state index is -6.70. The molecule has 0 aromatic rings. The Balaban J connectivity index is 2.23. The first kappa shape index (κ1) is 23.5. The van der Waals surface area contributed by atoms with Crippen molar-refractivity contribution in [3.8, 4) is 0 Å². The first-order chi connectivity index (χ1) is 12.6. The Kier molecular flexibility index (Phi) is 6.30. The molecule has 166 valence electrons. The average Bonchev–Trinajstić information content (AvgIpc) is 3.01. The fraction of sp³-hybridized carbons (Fsp3) is 1.00. The number of fused-ring (bicyclic) bond motifs is 1. The molecular weight excluding hydrogens is 409 g/mol. The van der Waals surface area contributed by atoms with Gasteiger partial charge in [-0.05, 0) is 46.1 Å². The van der Waals surface area contributed by atoms with Gasteiger partial charge in [0.15, 0.2) is 0 Å². The molecule has 0 aromatic carbocycles. The Morgan fingerprint density at radius 1 is 0.929 bits per heavy atom. The van der Waals surface area contributed by atoms with Crippen molar-refractivity contribution in [2.24, 2.45) is 0 Å². The van der Waals surface area contributed by atoms with Crippen LogP contribution in [0.2, 0.25) is 0 Å². The summed E-state index contributed by atoms with van der Waals surface area (Å²) in [5, 5.41) is 0. The monoisotopic (exact) mass is 431 g/mol. The van der Waals surface area contributed by atoms with Gasteiger partial charge in [0.1, 0.15) is 0 Å². The zero-order valence-electron chi connectivity index (χ0n) is 15.3. The molecule has 0 aromatic heterocycles. The van der Waals surface area contributed by atoms with Crippen molar-refractivity contribution in [1.82, 2.24) is 4.90 Å². The van der Waals surface area contributed by atoms with Gasteiger partial charge in [0.25, 0.3) is 0 Å². The van der Waals surface area contributed by atoms with Gasteiger partial charge >= 0.3 is 24.1 Å². The molecule has 0 N–H and O–H groups in total. The van der Waals surface area contributed by atoms with E-state index in [1.807, 2.05) is 0 Å². The van der Waals surface area contributed by atoms with Crippen molar-refractivity contribution in [2.75, 3.05) is 19.8 Å². The molecule has 2 fully saturated rings. The topological polar surface area (TPSA) is 21.7 Å². The van der Waals surface area contributed by atoms with Crippen molar-refractivity contribution in [3.05, 3.63) is 0 Å². The van der Waals surface area contributed by atoms with Crippen LogP contribution in [0.15, 0.2) is 0 Å². The second-order valence-electron chi connectivity index (χ2n) is 7.56. The van der Waals surface area contributed by atoms with Crippen LogP contribution in [0.3, 0.4) is 0 Å². The summed E-state index contributed by atoms with van der Waals surface area (Å²) in [7, 11) is 0. The van der Waals surface area contributed by atoms with E-state index in [-0.39, 0.29) is 19.1 Å². The van der Waals surface area contributed by atoms with Crippen LogP contribution in [0.5, 0.6) is 0 Å². The van der Waals surface area contributed by atoms with Crippen LogP contribution in [0.25, 0.3) is 0 Å². The molecule has 0 radical (unpaired) electrons. The molecule has 2 heterocycles. The summed E-state index contributed by atoms with van der Waals surface area (Å²) < 4.78 is 126. The van der Waals surface area contributed by atoms with Crippen molar-refractivity contribution >= 4 is 0 Å². The predicted octanol–water partition coefficient (Wildman–Crippen LogP) is 4.85. The molecule has 0 aliphatic carbocycles. The maximum Gasteiger partial charge on any atom is 0.435 e. The lowest BCUT2D eigenvalue weighted by Gasteiger charge is -2.40. The highest BCUT2D eigenvalue weighted by atomic mass is 19.4. The Bertz CT molecular complexity index is 508. The van der Waals surface area contributed by atoms with Gasteiger partial charge in [-0.25, -0.2) is 0 Å². The third kappa shape index (κ3) is 3.96. The Morgan fingerprint density at radius 2 is 1.46 bits per heavy atom. The SMILES string of the molecule is CC(C)OCC12CCCN1C(COC(C(F)(F)F)(C(F)(F)F)C(F)(F)F)CC2. The van der Waals surface area contributed by atoms with Crippen LogP contribution in [0.4, 0.5) is 39.5 Å². The first-order valence-electron chi connectivity index (χ1n) is 8.80. The van der Waals surface area contributed by atoms with Crippen molar-refractivity contribution in [2.45, 2.75) is 81.3 Å². The van der Waals surface area contributed by atoms with Crippen LogP contribution in [-0.4, -0.2) is 66.5 Å². The Morgan fingerprint density at radius 3 is 1.93 bits per heavy atom. The molecule has 0 saturated carbocycles. The molecule has 2 aliphatic heterocycles. The molecule has 0 amide bonds. The molecular formula is C16H22F9NO2. The van der Waals surface area contributed by atoms with Gasteiger partial charge < -0.3 is 9.47 Å². The van der Waals surface area contributed by atoms with Crippen molar-refractivity contribution < 1.29 is 49.0 Å². The largest absolute Gasteiger partial charge is 0.435 e. The number of nitrogens with zero attached hydrogens (tertiary/aromatic N) is 1. The fourth-order valence-electron chi connectivity index (χ4n) is 4.06. The highest BCUT2D eigenvalue weighted by molar-refractivity contribution is 5.06. The van der Waals surface area contributed by atoms with E-state index in [0.29, 0.717) is 25.8 Å². The van der Waals surface area contributed by atoms with E-state index in [0.717, 1.165) is 0 Å². The quantitative estimate of drug-likeness (QED) is 0.562. The summed E-state index contributed by atoms with van der Waals surface area (Å²) in [6, 6.07) is -0.982. The summed E-state index contributed by atoms with van der Waals surface area (Å²) >= 11 is 0. The number of alkyl halides is 9. The van der Waals surface area contributed by atoms with E-state index in [4.69, 9.17) is 4.74 Å². The summed E-state index contributed by atoms with van der Waals surface area (Å²) in [6.07, 6.45) is -18.5. The van der Waals surface area contributed by atoms with Gasteiger partial charge in [0.2, 0.25) is 0 Å². The van der Waals surface area contributed by atoms with E-state index < -0.39 is 42.3 Å². The van der Waals surface area contributed by atoms with Crippen LogP contribution in [-0.2, 0) is 9.47 Å². The van der Waals surface area contributed by atoms with Gasteiger partial charge in [0.05, 0.1) is 19.3 Å². The average molecular weight is 431 g/mol. The third-order valence-corrected chi connectivity index (χ3v) is 5.41. The first-order valence-corrected chi connectivity index (χ1v) is 8.80. The lowest BCUT2D eigenvalue weighted by atomic mass is 9.95. The molecule has 3 nitrogen and oxygen atoms in total. The van der Waals surface area contributed by atoms with E-state index in [2.05, 4.69) is 4.74 Å². The number of hydrogen-bond donors (Lipinski definition) is 0. The highest BCUT2D eigenvalue weighted by Crippen LogP contribution is 2.55. The predicted molar refractivity (Wildman–Crippen MR) is 79.6 cm³/mol. The molecule has 2 unspecified atom stereocenters. The van der Waals surface area contributed by atoms with Gasteiger partial charge in [-0.3, -0.25) is 4.90 Å². The lowest BCUT2D eigenvalue weighted by molar-refractivity contribution is -0.458. The van der Waals surface area contributed by atoms with Gasteiger partial charge in [0, 0.05) is 11.6 Å². The van der Waals surface area contributed by atoms with Crippen LogP contribution in [0.1, 0.15) is 39.5 Å². The molecule has 2 aliphatic rings. The molecule has 2 saturated heterocycles. The van der Waals surface area contributed by atoms with Crippen molar-refractivity contribution in [3.63, 3.8) is 0 Å². The minimum Gasteiger partial charge on any atom is -0.377 e. The summed E-state index contributed by atoms with van der Waals surface area (Å²) in [6.45, 7) is 2.78. The summed E-state index contributed by atoms with van der Waals surface area (Å²) in [5.41, 5.74) is -6.80.